The Morgan fingerprint density at radius 1 is 1.73 bits per heavy atom. The minimum Gasteiger partial charge on any atom is -0.384 e. The van der Waals surface area contributed by atoms with Crippen LogP contribution in [0.2, 0.25) is 0 Å². The van der Waals surface area contributed by atoms with Crippen LogP contribution in [0.1, 0.15) is 13.8 Å². The fraction of sp³-hybridized carbons (Fsp3) is 0.429. The van der Waals surface area contributed by atoms with Crippen molar-refractivity contribution in [3.8, 4) is 0 Å². The molecule has 0 spiro atoms. The summed E-state index contributed by atoms with van der Waals surface area (Å²) in [5, 5.41) is 8.60. The van der Waals surface area contributed by atoms with E-state index < -0.39 is 15.1 Å². The van der Waals surface area contributed by atoms with Gasteiger partial charge in [0.15, 0.2) is 0 Å². The number of halogens is 1. The number of rotatable bonds is 3. The molecule has 0 atom stereocenters. The van der Waals surface area contributed by atoms with E-state index in [-0.39, 0.29) is 0 Å². The van der Waals surface area contributed by atoms with Crippen LogP contribution in [-0.4, -0.2) is 15.3 Å². The molecule has 0 aliphatic heterocycles. The summed E-state index contributed by atoms with van der Waals surface area (Å²) in [5.74, 6) is -0.478. The van der Waals surface area contributed by atoms with Crippen LogP contribution in [-0.2, 0) is 9.15 Å². The van der Waals surface area contributed by atoms with Crippen molar-refractivity contribution in [2.45, 2.75) is 13.8 Å². The van der Waals surface area contributed by atoms with Crippen LogP contribution in [0.5, 0.6) is 0 Å². The molecule has 0 bridgehead atoms. The fourth-order valence-electron chi connectivity index (χ4n) is 0.458. The van der Waals surface area contributed by atoms with Gasteiger partial charge in [0.25, 0.3) is 0 Å². The quantitative estimate of drug-likeness (QED) is 0.409. The van der Waals surface area contributed by atoms with Crippen LogP contribution in [0.4, 0.5) is 0 Å². The predicted octanol–water partition coefficient (Wildman–Crippen LogP) is 1.59. The molecule has 2 nitrogen and oxygen atoms in total. The van der Waals surface area contributed by atoms with Crippen molar-refractivity contribution >= 4 is 19.8 Å². The van der Waals surface area contributed by atoms with E-state index in [1.165, 1.54) is 0 Å². The number of aliphatic hydroxyl groups excluding tert-OH is 1. The van der Waals surface area contributed by atoms with Crippen molar-refractivity contribution in [2.24, 2.45) is 0 Å². The highest BCUT2D eigenvalue weighted by atomic mass is 35.7. The third kappa shape index (κ3) is 3.70. The van der Waals surface area contributed by atoms with Crippen molar-refractivity contribution < 1.29 is 9.32 Å². The first-order valence-electron chi connectivity index (χ1n) is 3.24. The number of hydrogen-bond acceptors (Lipinski definition) is 2. The Hall–Kier alpha value is -0.120. The molecule has 1 N–H and O–H groups in total. The minimum absolute atomic E-state index is 0.478. The Morgan fingerprint density at radius 3 is 2.64 bits per heavy atom. The lowest BCUT2D eigenvalue weighted by Gasteiger charge is -2.11. The molecule has 0 aromatic heterocycles. The number of allylic oxidation sites excluding steroid dienone is 4. The van der Waals surface area contributed by atoms with E-state index in [0.29, 0.717) is 4.91 Å². The topological polar surface area (TPSA) is 37.3 Å². The Bertz CT molecular complexity index is 220. The summed E-state index contributed by atoms with van der Waals surface area (Å²) in [6, 6.07) is 0. The SMILES string of the molecule is C/C=C\C=C(/C)[SH](=O)(Cl)CO. The lowest BCUT2D eigenvalue weighted by atomic mass is 10.5. The van der Waals surface area contributed by atoms with Crippen molar-refractivity contribution in [3.05, 3.63) is 23.1 Å². The standard InChI is InChI=1S/C7H13ClO2S/c1-3-4-5-7(2)11(8,10)6-9/h3-5,9,11H,6H2,1-2H3/b4-3-,7-5+. The van der Waals surface area contributed by atoms with Gasteiger partial charge in [-0.2, -0.15) is 0 Å². The molecule has 0 fully saturated rings. The van der Waals surface area contributed by atoms with Gasteiger partial charge in [0.1, 0.15) is 5.94 Å². The molecule has 4 heteroatoms. The average molecular weight is 197 g/mol. The van der Waals surface area contributed by atoms with Gasteiger partial charge in [-0.25, -0.2) is 0 Å². The molecular weight excluding hydrogens is 184 g/mol. The van der Waals surface area contributed by atoms with Crippen LogP contribution in [0, 0.1) is 0 Å². The van der Waals surface area contributed by atoms with Gasteiger partial charge in [-0.15, -0.1) is 0 Å². The Kier molecular flexibility index (Phi) is 4.65. The summed E-state index contributed by atoms with van der Waals surface area (Å²) >= 11 is 0. The summed E-state index contributed by atoms with van der Waals surface area (Å²) in [7, 11) is 2.55. The van der Waals surface area contributed by atoms with E-state index in [1.54, 1.807) is 25.2 Å². The Balaban J connectivity index is 4.47. The third-order valence-electron chi connectivity index (χ3n) is 1.24. The van der Waals surface area contributed by atoms with Crippen molar-refractivity contribution in [2.75, 3.05) is 5.94 Å². The summed E-state index contributed by atoms with van der Waals surface area (Å²) in [6.07, 6.45) is 5.18. The lowest BCUT2D eigenvalue weighted by Crippen LogP contribution is -2.08. The molecule has 0 amide bonds. The molecule has 0 aromatic rings. The zero-order chi connectivity index (χ0) is 8.91. The van der Waals surface area contributed by atoms with Crippen LogP contribution >= 0.6 is 10.7 Å². The van der Waals surface area contributed by atoms with Crippen LogP contribution in [0.15, 0.2) is 23.1 Å². The van der Waals surface area contributed by atoms with E-state index >= 15 is 0 Å². The molecule has 0 aliphatic rings. The summed E-state index contributed by atoms with van der Waals surface area (Å²) in [5.41, 5.74) is 0. The van der Waals surface area contributed by atoms with Crippen LogP contribution < -0.4 is 0 Å². The molecule has 0 radical (unpaired) electrons. The van der Waals surface area contributed by atoms with Gasteiger partial charge >= 0.3 is 0 Å². The molecule has 0 rings (SSSR count). The average Bonchev–Trinajstić information content (AvgIpc) is 2.00. The van der Waals surface area contributed by atoms with Gasteiger partial charge in [0.05, 0.1) is 0 Å². The van der Waals surface area contributed by atoms with Gasteiger partial charge in [-0.3, -0.25) is 4.21 Å². The second-order valence-corrected chi connectivity index (χ2v) is 6.06. The summed E-state index contributed by atoms with van der Waals surface area (Å²) in [4.78, 5) is 0.528. The third-order valence-corrected chi connectivity index (χ3v) is 3.93. The molecule has 0 saturated heterocycles. The normalized spacial score (nSPS) is 15.8. The van der Waals surface area contributed by atoms with E-state index in [4.69, 9.17) is 15.8 Å². The maximum Gasteiger partial charge on any atom is 0.112 e. The second kappa shape index (κ2) is 4.70. The molecule has 0 aromatic carbocycles. The summed E-state index contributed by atoms with van der Waals surface area (Å²) < 4.78 is 11.2. The number of hydrogen-bond donors (Lipinski definition) is 2. The Labute approximate surface area is 72.5 Å². The zero-order valence-electron chi connectivity index (χ0n) is 6.62. The van der Waals surface area contributed by atoms with Gasteiger partial charge in [0.2, 0.25) is 0 Å². The number of thiol groups is 1. The molecular formula is C7H13ClO2S. The molecule has 0 heterocycles. The molecule has 0 unspecified atom stereocenters. The van der Waals surface area contributed by atoms with Gasteiger partial charge in [-0.1, -0.05) is 18.2 Å². The smallest absolute Gasteiger partial charge is 0.112 e. The first kappa shape index (κ1) is 10.9. The van der Waals surface area contributed by atoms with Crippen molar-refractivity contribution in [1.29, 1.82) is 0 Å². The second-order valence-electron chi connectivity index (χ2n) is 2.13. The highest BCUT2D eigenvalue weighted by Crippen LogP contribution is 2.20. The highest BCUT2D eigenvalue weighted by molar-refractivity contribution is 8.26. The van der Waals surface area contributed by atoms with Crippen LogP contribution in [0.3, 0.4) is 0 Å². The van der Waals surface area contributed by atoms with Crippen molar-refractivity contribution in [3.63, 3.8) is 0 Å². The van der Waals surface area contributed by atoms with Gasteiger partial charge in [0, 0.05) is 14.1 Å². The largest absolute Gasteiger partial charge is 0.384 e. The predicted molar refractivity (Wildman–Crippen MR) is 51.0 cm³/mol. The first-order valence-corrected chi connectivity index (χ1v) is 6.04. The minimum atomic E-state index is -2.96. The molecule has 0 aliphatic carbocycles. The molecule has 66 valence electrons. The van der Waals surface area contributed by atoms with E-state index in [9.17, 15) is 4.21 Å². The molecule has 0 saturated carbocycles. The maximum absolute atomic E-state index is 11.2. The van der Waals surface area contributed by atoms with E-state index in [2.05, 4.69) is 0 Å². The fourth-order valence-corrected chi connectivity index (χ4v) is 1.16. The van der Waals surface area contributed by atoms with E-state index in [0.717, 1.165) is 0 Å². The zero-order valence-corrected chi connectivity index (χ0v) is 8.27. The monoisotopic (exact) mass is 196 g/mol. The van der Waals surface area contributed by atoms with Gasteiger partial charge < -0.3 is 5.11 Å². The van der Waals surface area contributed by atoms with E-state index in [1.807, 2.05) is 6.92 Å². The molecule has 11 heavy (non-hydrogen) atoms. The lowest BCUT2D eigenvalue weighted by molar-refractivity contribution is 0.368. The maximum atomic E-state index is 11.2. The number of aliphatic hydroxyl groups is 1. The highest BCUT2D eigenvalue weighted by Gasteiger charge is 2.10. The van der Waals surface area contributed by atoms with Gasteiger partial charge in [-0.05, 0) is 24.5 Å². The Morgan fingerprint density at radius 2 is 2.27 bits per heavy atom. The summed E-state index contributed by atoms with van der Waals surface area (Å²) in [6.45, 7) is 3.49. The van der Waals surface area contributed by atoms with Crippen molar-refractivity contribution in [1.82, 2.24) is 0 Å². The first-order chi connectivity index (χ1) is 5.04. The van der Waals surface area contributed by atoms with Crippen LogP contribution in [0.25, 0.3) is 0 Å².